The van der Waals surface area contributed by atoms with Gasteiger partial charge in [-0.1, -0.05) is 43.7 Å². The van der Waals surface area contributed by atoms with Crippen LogP contribution in [0.2, 0.25) is 0 Å². The molecular weight excluding hydrogens is 348 g/mol. The van der Waals surface area contributed by atoms with Gasteiger partial charge in [0.25, 0.3) is 0 Å². The summed E-state index contributed by atoms with van der Waals surface area (Å²) < 4.78 is 0. The predicted molar refractivity (Wildman–Crippen MR) is 115 cm³/mol. The lowest BCUT2D eigenvalue weighted by Gasteiger charge is -2.41. The molecule has 1 saturated carbocycles. The van der Waals surface area contributed by atoms with Crippen LogP contribution in [0, 0.1) is 5.92 Å². The molecule has 0 spiro atoms. The van der Waals surface area contributed by atoms with Crippen molar-refractivity contribution in [2.24, 2.45) is 5.92 Å². The molecule has 0 radical (unpaired) electrons. The molecule has 3 rings (SSSR count). The maximum absolute atomic E-state index is 12.7. The molecule has 0 bridgehead atoms. The number of benzene rings is 1. The number of hydrazine groups is 1. The topological polar surface area (TPSA) is 47.6 Å². The normalized spacial score (nSPS) is 22.5. The zero-order valence-electron chi connectivity index (χ0n) is 17.8. The Kier molecular flexibility index (Phi) is 7.74. The average Bonchev–Trinajstić information content (AvgIpc) is 2.95. The number of carbonyl (C=O) groups excluding carboxylic acids is 1. The van der Waals surface area contributed by atoms with Crippen molar-refractivity contribution in [2.75, 3.05) is 33.2 Å². The number of hydrogen-bond acceptors (Lipinski definition) is 3. The minimum Gasteiger partial charge on any atom is -0.336 e. The molecule has 1 aliphatic heterocycles. The number of rotatable bonds is 12. The van der Waals surface area contributed by atoms with Crippen LogP contribution in [0.5, 0.6) is 0 Å². The van der Waals surface area contributed by atoms with Gasteiger partial charge in [-0.2, -0.15) is 0 Å². The van der Waals surface area contributed by atoms with Crippen molar-refractivity contribution in [3.63, 3.8) is 0 Å². The molecule has 0 aromatic heterocycles. The monoisotopic (exact) mass is 386 g/mol. The van der Waals surface area contributed by atoms with Crippen molar-refractivity contribution in [3.8, 4) is 0 Å². The molecule has 156 valence electrons. The molecule has 2 fully saturated rings. The fourth-order valence-electron chi connectivity index (χ4n) is 4.59. The second-order valence-electron chi connectivity index (χ2n) is 8.71. The molecule has 1 aliphatic carbocycles. The molecule has 2 amide bonds. The van der Waals surface area contributed by atoms with E-state index < -0.39 is 0 Å². The highest BCUT2D eigenvalue weighted by atomic mass is 16.2. The van der Waals surface area contributed by atoms with Crippen molar-refractivity contribution in [2.45, 2.75) is 63.8 Å². The minimum absolute atomic E-state index is 0.0541. The molecule has 5 nitrogen and oxygen atoms in total. The van der Waals surface area contributed by atoms with Crippen LogP contribution in [0.25, 0.3) is 0 Å². The molecule has 1 aromatic rings. The lowest BCUT2D eigenvalue weighted by molar-refractivity contribution is 0.0963. The third kappa shape index (κ3) is 5.48. The van der Waals surface area contributed by atoms with Crippen LogP contribution in [-0.2, 0) is 6.42 Å². The van der Waals surface area contributed by atoms with Crippen molar-refractivity contribution in [1.82, 2.24) is 20.7 Å². The number of aryl methyl sites for hydroxylation is 1. The van der Waals surface area contributed by atoms with Crippen LogP contribution in [0.15, 0.2) is 30.3 Å². The highest BCUT2D eigenvalue weighted by molar-refractivity contribution is 5.78. The molecule has 1 saturated heterocycles. The molecule has 1 heterocycles. The van der Waals surface area contributed by atoms with Gasteiger partial charge in [-0.3, -0.25) is 5.43 Å². The van der Waals surface area contributed by atoms with Gasteiger partial charge in [-0.25, -0.2) is 9.80 Å². The summed E-state index contributed by atoms with van der Waals surface area (Å²) in [6.45, 7) is 5.87. The largest absolute Gasteiger partial charge is 0.336 e. The standard InChI is InChI=1S/C23H38N4O/c1-3-17-26(2)25-16-15-23(14-8-13-20-9-5-4-6-10-20)19-24-22(28)27(23)18-21-11-7-12-21/h4-6,9-10,21,25H,3,7-8,11-19H2,1-2H3,(H,24,28)/t23-/m1/s1. The number of urea groups is 1. The maximum Gasteiger partial charge on any atom is 0.318 e. The molecule has 2 N–H and O–H groups in total. The van der Waals surface area contributed by atoms with E-state index >= 15 is 0 Å². The Morgan fingerprint density at radius 3 is 2.71 bits per heavy atom. The maximum atomic E-state index is 12.7. The lowest BCUT2D eigenvalue weighted by atomic mass is 9.82. The second-order valence-corrected chi connectivity index (χ2v) is 8.71. The molecule has 0 unspecified atom stereocenters. The summed E-state index contributed by atoms with van der Waals surface area (Å²) in [6.07, 6.45) is 9.28. The Balaban J connectivity index is 1.62. The van der Waals surface area contributed by atoms with E-state index in [0.29, 0.717) is 5.92 Å². The third-order valence-corrected chi connectivity index (χ3v) is 6.53. The van der Waals surface area contributed by atoms with E-state index in [1.54, 1.807) is 0 Å². The molecule has 28 heavy (non-hydrogen) atoms. The van der Waals surface area contributed by atoms with Crippen LogP contribution in [0.1, 0.15) is 57.4 Å². The Labute approximate surface area is 170 Å². The predicted octanol–water partition coefficient (Wildman–Crippen LogP) is 3.81. The Morgan fingerprint density at radius 2 is 2.04 bits per heavy atom. The quantitative estimate of drug-likeness (QED) is 0.537. The first kappa shape index (κ1) is 21.1. The Morgan fingerprint density at radius 1 is 1.25 bits per heavy atom. The Hall–Kier alpha value is -1.59. The first-order valence-electron chi connectivity index (χ1n) is 11.2. The Bertz CT molecular complexity index is 604. The molecule has 2 aliphatic rings. The molecular formula is C23H38N4O. The number of carbonyl (C=O) groups is 1. The SMILES string of the molecule is CCCN(C)NCC[C@]1(CCCc2ccccc2)CNC(=O)N1CC1CCC1. The molecule has 1 atom stereocenters. The van der Waals surface area contributed by atoms with Gasteiger partial charge < -0.3 is 10.2 Å². The zero-order chi connectivity index (χ0) is 19.8. The highest BCUT2D eigenvalue weighted by Crippen LogP contribution is 2.35. The van der Waals surface area contributed by atoms with Gasteiger partial charge in [0, 0.05) is 33.2 Å². The summed E-state index contributed by atoms with van der Waals surface area (Å²) in [5.41, 5.74) is 4.86. The number of hydrogen-bond donors (Lipinski definition) is 2. The summed E-state index contributed by atoms with van der Waals surface area (Å²) in [6, 6.07) is 10.9. The van der Waals surface area contributed by atoms with E-state index in [4.69, 9.17) is 0 Å². The number of amides is 2. The van der Waals surface area contributed by atoms with Crippen molar-refractivity contribution in [3.05, 3.63) is 35.9 Å². The van der Waals surface area contributed by atoms with Crippen LogP contribution < -0.4 is 10.7 Å². The molecule has 1 aromatic carbocycles. The lowest BCUT2D eigenvalue weighted by Crippen LogP contribution is -2.52. The van der Waals surface area contributed by atoms with E-state index in [1.165, 1.54) is 24.8 Å². The van der Waals surface area contributed by atoms with Gasteiger partial charge in [0.1, 0.15) is 0 Å². The van der Waals surface area contributed by atoms with E-state index in [2.05, 4.69) is 65.0 Å². The second kappa shape index (κ2) is 10.3. The summed E-state index contributed by atoms with van der Waals surface area (Å²) in [5, 5.41) is 5.35. The van der Waals surface area contributed by atoms with Gasteiger partial charge in [-0.15, -0.1) is 0 Å². The highest BCUT2D eigenvalue weighted by Gasteiger charge is 2.45. The number of nitrogens with zero attached hydrogens (tertiary/aromatic N) is 2. The van der Waals surface area contributed by atoms with E-state index in [-0.39, 0.29) is 11.6 Å². The van der Waals surface area contributed by atoms with Crippen LogP contribution in [-0.4, -0.2) is 54.7 Å². The van der Waals surface area contributed by atoms with Crippen molar-refractivity contribution in [1.29, 1.82) is 0 Å². The van der Waals surface area contributed by atoms with E-state index in [9.17, 15) is 4.79 Å². The van der Waals surface area contributed by atoms with E-state index in [1.807, 2.05) is 0 Å². The fourth-order valence-corrected chi connectivity index (χ4v) is 4.59. The van der Waals surface area contributed by atoms with Crippen LogP contribution in [0.4, 0.5) is 4.79 Å². The summed E-state index contributed by atoms with van der Waals surface area (Å²) >= 11 is 0. The third-order valence-electron chi connectivity index (χ3n) is 6.53. The smallest absolute Gasteiger partial charge is 0.318 e. The molecule has 5 heteroatoms. The minimum atomic E-state index is -0.0541. The summed E-state index contributed by atoms with van der Waals surface area (Å²) in [5.74, 6) is 0.702. The van der Waals surface area contributed by atoms with Gasteiger partial charge in [0.15, 0.2) is 0 Å². The first-order chi connectivity index (χ1) is 13.6. The van der Waals surface area contributed by atoms with E-state index in [0.717, 1.165) is 58.3 Å². The van der Waals surface area contributed by atoms with Crippen molar-refractivity contribution < 1.29 is 4.79 Å². The van der Waals surface area contributed by atoms with Gasteiger partial charge in [-0.05, 0) is 56.4 Å². The first-order valence-corrected chi connectivity index (χ1v) is 11.2. The zero-order valence-corrected chi connectivity index (χ0v) is 17.8. The van der Waals surface area contributed by atoms with Crippen molar-refractivity contribution >= 4 is 6.03 Å². The van der Waals surface area contributed by atoms with Gasteiger partial charge >= 0.3 is 6.03 Å². The van der Waals surface area contributed by atoms with Crippen LogP contribution in [0.3, 0.4) is 0 Å². The average molecular weight is 387 g/mol. The van der Waals surface area contributed by atoms with Crippen LogP contribution >= 0.6 is 0 Å². The fraction of sp³-hybridized carbons (Fsp3) is 0.696. The summed E-state index contributed by atoms with van der Waals surface area (Å²) in [4.78, 5) is 14.9. The van der Waals surface area contributed by atoms with Gasteiger partial charge in [0.05, 0.1) is 5.54 Å². The van der Waals surface area contributed by atoms with Gasteiger partial charge in [0.2, 0.25) is 0 Å². The number of nitrogens with one attached hydrogen (secondary N) is 2. The summed E-state index contributed by atoms with van der Waals surface area (Å²) in [7, 11) is 2.11.